The summed E-state index contributed by atoms with van der Waals surface area (Å²) >= 11 is 0. The Morgan fingerprint density at radius 3 is 2.71 bits per heavy atom. The molecule has 1 aliphatic heterocycles. The molecule has 0 saturated heterocycles. The predicted molar refractivity (Wildman–Crippen MR) is 77.0 cm³/mol. The third-order valence-corrected chi connectivity index (χ3v) is 3.68. The van der Waals surface area contributed by atoms with E-state index in [-0.39, 0.29) is 12.2 Å². The van der Waals surface area contributed by atoms with Crippen LogP contribution < -0.4 is 9.47 Å². The van der Waals surface area contributed by atoms with Crippen LogP contribution in [-0.2, 0) is 17.4 Å². The SMILES string of the molecule is COc1cc(-c2ccc3c(c2)CC(C(=O)O)O3)cnc1C(F)(F)F. The Balaban J connectivity index is 1.97. The van der Waals surface area contributed by atoms with Gasteiger partial charge in [-0.1, -0.05) is 6.07 Å². The molecule has 1 atom stereocenters. The fraction of sp³-hybridized carbons (Fsp3) is 0.250. The molecule has 2 heterocycles. The average molecular weight is 339 g/mol. The molecule has 0 aliphatic carbocycles. The van der Waals surface area contributed by atoms with Gasteiger partial charge in [0.2, 0.25) is 0 Å². The molecule has 1 aromatic heterocycles. The van der Waals surface area contributed by atoms with Crippen LogP contribution in [-0.4, -0.2) is 29.3 Å². The lowest BCUT2D eigenvalue weighted by Gasteiger charge is -2.12. The smallest absolute Gasteiger partial charge is 0.437 e. The lowest BCUT2D eigenvalue weighted by atomic mass is 10.0. The summed E-state index contributed by atoms with van der Waals surface area (Å²) in [6.07, 6.45) is -4.25. The lowest BCUT2D eigenvalue weighted by molar-refractivity contribution is -0.144. The molecule has 1 aromatic carbocycles. The summed E-state index contributed by atoms with van der Waals surface area (Å²) in [5.41, 5.74) is 0.618. The van der Waals surface area contributed by atoms with Gasteiger partial charge in [0, 0.05) is 18.2 Å². The van der Waals surface area contributed by atoms with Gasteiger partial charge in [0.05, 0.1) is 7.11 Å². The van der Waals surface area contributed by atoms with Crippen LogP contribution in [0.25, 0.3) is 11.1 Å². The van der Waals surface area contributed by atoms with Crippen molar-refractivity contribution in [2.75, 3.05) is 7.11 Å². The fourth-order valence-corrected chi connectivity index (χ4v) is 2.54. The molecular formula is C16H12F3NO4. The highest BCUT2D eigenvalue weighted by molar-refractivity contribution is 5.76. The van der Waals surface area contributed by atoms with Crippen molar-refractivity contribution in [2.24, 2.45) is 0 Å². The highest BCUT2D eigenvalue weighted by atomic mass is 19.4. The van der Waals surface area contributed by atoms with Crippen molar-refractivity contribution in [3.63, 3.8) is 0 Å². The predicted octanol–water partition coefficient (Wildman–Crippen LogP) is 3.16. The van der Waals surface area contributed by atoms with Crippen molar-refractivity contribution in [2.45, 2.75) is 18.7 Å². The van der Waals surface area contributed by atoms with Crippen molar-refractivity contribution in [1.29, 1.82) is 0 Å². The van der Waals surface area contributed by atoms with Gasteiger partial charge in [-0.05, 0) is 29.3 Å². The highest BCUT2D eigenvalue weighted by Gasteiger charge is 2.36. The molecule has 5 nitrogen and oxygen atoms in total. The second kappa shape index (κ2) is 5.70. The molecule has 24 heavy (non-hydrogen) atoms. The van der Waals surface area contributed by atoms with Gasteiger partial charge in [0.25, 0.3) is 0 Å². The Labute approximate surface area is 134 Å². The minimum Gasteiger partial charge on any atom is -0.494 e. The summed E-state index contributed by atoms with van der Waals surface area (Å²) in [5, 5.41) is 8.99. The van der Waals surface area contributed by atoms with Gasteiger partial charge in [-0.15, -0.1) is 0 Å². The Bertz CT molecular complexity index is 804. The number of methoxy groups -OCH3 is 1. The van der Waals surface area contributed by atoms with Gasteiger partial charge in [0.1, 0.15) is 11.5 Å². The van der Waals surface area contributed by atoms with Crippen molar-refractivity contribution in [1.82, 2.24) is 4.98 Å². The highest BCUT2D eigenvalue weighted by Crippen LogP contribution is 2.38. The molecule has 0 spiro atoms. The minimum absolute atomic E-state index is 0.198. The van der Waals surface area contributed by atoms with Crippen LogP contribution in [0.3, 0.4) is 0 Å². The number of aliphatic carboxylic acids is 1. The molecule has 0 saturated carbocycles. The zero-order valence-electron chi connectivity index (χ0n) is 12.4. The summed E-state index contributed by atoms with van der Waals surface area (Å²) in [6.45, 7) is 0. The number of hydrogen-bond donors (Lipinski definition) is 1. The van der Waals surface area contributed by atoms with E-state index in [1.165, 1.54) is 6.07 Å². The van der Waals surface area contributed by atoms with Crippen LogP contribution in [0, 0.1) is 0 Å². The molecule has 0 radical (unpaired) electrons. The third-order valence-electron chi connectivity index (χ3n) is 3.68. The summed E-state index contributed by atoms with van der Waals surface area (Å²) in [7, 11) is 1.14. The van der Waals surface area contributed by atoms with E-state index in [1.54, 1.807) is 18.2 Å². The number of aromatic nitrogens is 1. The number of benzene rings is 1. The van der Waals surface area contributed by atoms with Gasteiger partial charge in [-0.25, -0.2) is 9.78 Å². The van der Waals surface area contributed by atoms with Crippen molar-refractivity contribution in [3.8, 4) is 22.6 Å². The minimum atomic E-state index is -4.61. The van der Waals surface area contributed by atoms with Crippen LogP contribution in [0.5, 0.6) is 11.5 Å². The summed E-state index contributed by atoms with van der Waals surface area (Å²) in [5.74, 6) is -0.983. The number of rotatable bonds is 3. The monoisotopic (exact) mass is 339 g/mol. The van der Waals surface area contributed by atoms with Crippen LogP contribution in [0.15, 0.2) is 30.5 Å². The number of alkyl halides is 3. The number of ether oxygens (including phenoxy) is 2. The standard InChI is InChI=1S/C16H12F3NO4/c1-23-12-6-10(7-20-14(12)16(17,18)19)8-2-3-11-9(4-8)5-13(24-11)15(21)22/h2-4,6-7,13H,5H2,1H3,(H,21,22). The number of fused-ring (bicyclic) bond motifs is 1. The molecule has 2 aromatic rings. The topological polar surface area (TPSA) is 68.7 Å². The third kappa shape index (κ3) is 2.86. The summed E-state index contributed by atoms with van der Waals surface area (Å²) < 4.78 is 48.6. The quantitative estimate of drug-likeness (QED) is 0.930. The van der Waals surface area contributed by atoms with E-state index in [2.05, 4.69) is 4.98 Å². The van der Waals surface area contributed by atoms with Crippen molar-refractivity contribution < 1.29 is 32.5 Å². The maximum atomic E-state index is 12.9. The van der Waals surface area contributed by atoms with Gasteiger partial charge in [0.15, 0.2) is 11.8 Å². The van der Waals surface area contributed by atoms with Crippen molar-refractivity contribution >= 4 is 5.97 Å². The molecule has 8 heteroatoms. The first-order valence-electron chi connectivity index (χ1n) is 6.93. The Kier molecular flexibility index (Phi) is 3.82. The maximum absolute atomic E-state index is 12.9. The average Bonchev–Trinajstić information content (AvgIpc) is 2.96. The van der Waals surface area contributed by atoms with Crippen LogP contribution in [0.2, 0.25) is 0 Å². The number of hydrogen-bond acceptors (Lipinski definition) is 4. The van der Waals surface area contributed by atoms with E-state index >= 15 is 0 Å². The zero-order valence-corrected chi connectivity index (χ0v) is 12.4. The molecule has 0 fully saturated rings. The molecule has 0 bridgehead atoms. The van der Waals surface area contributed by atoms with E-state index in [4.69, 9.17) is 14.6 Å². The molecule has 126 valence electrons. The number of pyridine rings is 1. The van der Waals surface area contributed by atoms with Crippen LogP contribution in [0.4, 0.5) is 13.2 Å². The number of halogens is 3. The Morgan fingerprint density at radius 2 is 2.08 bits per heavy atom. The zero-order chi connectivity index (χ0) is 17.5. The number of carboxylic acid groups (broad SMARTS) is 1. The number of carboxylic acids is 1. The van der Waals surface area contributed by atoms with Gasteiger partial charge in [-0.2, -0.15) is 13.2 Å². The van der Waals surface area contributed by atoms with E-state index in [9.17, 15) is 18.0 Å². The van der Waals surface area contributed by atoms with E-state index in [1.807, 2.05) is 0 Å². The first kappa shape index (κ1) is 16.1. The van der Waals surface area contributed by atoms with Crippen LogP contribution in [0.1, 0.15) is 11.3 Å². The summed E-state index contributed by atoms with van der Waals surface area (Å²) in [6, 6.07) is 6.16. The van der Waals surface area contributed by atoms with E-state index in [0.29, 0.717) is 22.4 Å². The lowest BCUT2D eigenvalue weighted by Crippen LogP contribution is -2.24. The van der Waals surface area contributed by atoms with Gasteiger partial charge < -0.3 is 14.6 Å². The number of carbonyl (C=O) groups is 1. The Hall–Kier alpha value is -2.77. The molecule has 1 N–H and O–H groups in total. The number of nitrogens with zero attached hydrogens (tertiary/aromatic N) is 1. The van der Waals surface area contributed by atoms with E-state index in [0.717, 1.165) is 13.3 Å². The van der Waals surface area contributed by atoms with Gasteiger partial charge in [-0.3, -0.25) is 0 Å². The van der Waals surface area contributed by atoms with Crippen LogP contribution >= 0.6 is 0 Å². The normalized spacial score (nSPS) is 16.4. The largest absolute Gasteiger partial charge is 0.494 e. The summed E-state index contributed by atoms with van der Waals surface area (Å²) in [4.78, 5) is 14.4. The van der Waals surface area contributed by atoms with Crippen molar-refractivity contribution in [3.05, 3.63) is 41.7 Å². The second-order valence-corrected chi connectivity index (χ2v) is 5.24. The van der Waals surface area contributed by atoms with Gasteiger partial charge >= 0.3 is 12.1 Å². The maximum Gasteiger partial charge on any atom is 0.437 e. The second-order valence-electron chi connectivity index (χ2n) is 5.24. The fourth-order valence-electron chi connectivity index (χ4n) is 2.54. The molecular weight excluding hydrogens is 327 g/mol. The first-order valence-corrected chi connectivity index (χ1v) is 6.93. The Morgan fingerprint density at radius 1 is 1.33 bits per heavy atom. The molecule has 1 aliphatic rings. The molecule has 1 unspecified atom stereocenters. The first-order chi connectivity index (χ1) is 11.3. The van der Waals surface area contributed by atoms with E-state index < -0.39 is 23.9 Å². The molecule has 0 amide bonds. The molecule has 3 rings (SSSR count).